The lowest BCUT2D eigenvalue weighted by atomic mass is 9.87. The Morgan fingerprint density at radius 2 is 1.61 bits per heavy atom. The van der Waals surface area contributed by atoms with Gasteiger partial charge in [0.05, 0.1) is 18.6 Å². The van der Waals surface area contributed by atoms with Gasteiger partial charge in [-0.25, -0.2) is 0 Å². The van der Waals surface area contributed by atoms with E-state index in [0.29, 0.717) is 5.56 Å². The number of carbonyl (C=O) groups is 1. The summed E-state index contributed by atoms with van der Waals surface area (Å²) < 4.78 is 11.5. The molecule has 166 valence electrons. The zero-order chi connectivity index (χ0) is 22.4. The SMILES string of the molecule is O=C1C[C@@H](c2ccc(O)cc2)Oc2c1c(O)cc(O)c2[C@H]1O[C@H](CO)[C@@H](O)[C@H](O)[C@H]1O. The predicted octanol–water partition coefficient (Wildman–Crippen LogP) is 0.0248. The lowest BCUT2D eigenvalue weighted by molar-refractivity contribution is -0.232. The lowest BCUT2D eigenvalue weighted by Gasteiger charge is -2.41. The van der Waals surface area contributed by atoms with Gasteiger partial charge < -0.3 is 45.2 Å². The molecule has 1 saturated heterocycles. The number of hydrogen-bond donors (Lipinski definition) is 7. The third-order valence-electron chi connectivity index (χ3n) is 5.63. The summed E-state index contributed by atoms with van der Waals surface area (Å²) in [5.74, 6) is -1.82. The van der Waals surface area contributed by atoms with E-state index >= 15 is 0 Å². The molecule has 0 aliphatic carbocycles. The van der Waals surface area contributed by atoms with Crippen LogP contribution in [-0.2, 0) is 4.74 Å². The molecule has 2 aliphatic heterocycles. The zero-order valence-corrected chi connectivity index (χ0v) is 16.1. The van der Waals surface area contributed by atoms with Crippen LogP contribution in [0.3, 0.4) is 0 Å². The second-order valence-corrected chi connectivity index (χ2v) is 7.61. The topological polar surface area (TPSA) is 177 Å². The van der Waals surface area contributed by atoms with Crippen molar-refractivity contribution >= 4 is 5.78 Å². The summed E-state index contributed by atoms with van der Waals surface area (Å²) in [6.07, 6.45) is -8.75. The largest absolute Gasteiger partial charge is 0.508 e. The van der Waals surface area contributed by atoms with Crippen molar-refractivity contribution in [2.45, 2.75) is 43.0 Å². The van der Waals surface area contributed by atoms with Crippen molar-refractivity contribution in [3.63, 3.8) is 0 Å². The highest BCUT2D eigenvalue weighted by atomic mass is 16.5. The van der Waals surface area contributed by atoms with Gasteiger partial charge in [0.15, 0.2) is 5.78 Å². The van der Waals surface area contributed by atoms with Gasteiger partial charge in [-0.15, -0.1) is 0 Å². The first-order chi connectivity index (χ1) is 14.7. The van der Waals surface area contributed by atoms with Gasteiger partial charge in [-0.1, -0.05) is 12.1 Å². The van der Waals surface area contributed by atoms with E-state index in [-0.39, 0.29) is 29.0 Å². The second-order valence-electron chi connectivity index (χ2n) is 7.61. The Balaban J connectivity index is 1.81. The lowest BCUT2D eigenvalue weighted by Crippen LogP contribution is -2.55. The summed E-state index contributed by atoms with van der Waals surface area (Å²) in [5.41, 5.74) is 0.112. The summed E-state index contributed by atoms with van der Waals surface area (Å²) in [6, 6.07) is 6.83. The molecular weight excluding hydrogens is 412 g/mol. The molecule has 7 N–H and O–H groups in total. The van der Waals surface area contributed by atoms with E-state index in [4.69, 9.17) is 9.47 Å². The van der Waals surface area contributed by atoms with E-state index < -0.39 is 60.5 Å². The summed E-state index contributed by atoms with van der Waals surface area (Å²) >= 11 is 0. The number of carbonyl (C=O) groups excluding carboxylic acids is 1. The highest BCUT2D eigenvalue weighted by Crippen LogP contribution is 2.50. The quantitative estimate of drug-likeness (QED) is 0.348. The van der Waals surface area contributed by atoms with Crippen LogP contribution in [0.5, 0.6) is 23.0 Å². The van der Waals surface area contributed by atoms with Gasteiger partial charge in [-0.3, -0.25) is 4.79 Å². The van der Waals surface area contributed by atoms with Crippen LogP contribution in [0.4, 0.5) is 0 Å². The van der Waals surface area contributed by atoms with Crippen LogP contribution in [0, 0.1) is 0 Å². The van der Waals surface area contributed by atoms with Gasteiger partial charge in [0.1, 0.15) is 65.2 Å². The van der Waals surface area contributed by atoms with Crippen LogP contribution in [0.15, 0.2) is 30.3 Å². The van der Waals surface area contributed by atoms with Gasteiger partial charge in [0, 0.05) is 6.07 Å². The molecule has 0 saturated carbocycles. The first-order valence-electron chi connectivity index (χ1n) is 9.61. The number of rotatable bonds is 3. The van der Waals surface area contributed by atoms with Crippen molar-refractivity contribution in [3.8, 4) is 23.0 Å². The number of benzene rings is 2. The average Bonchev–Trinajstić information content (AvgIpc) is 2.73. The number of ketones is 1. The van der Waals surface area contributed by atoms with E-state index in [1.807, 2.05) is 0 Å². The number of aliphatic hydroxyl groups excluding tert-OH is 4. The molecule has 6 atom stereocenters. The Morgan fingerprint density at radius 3 is 2.26 bits per heavy atom. The monoisotopic (exact) mass is 434 g/mol. The van der Waals surface area contributed by atoms with Crippen molar-refractivity contribution in [1.82, 2.24) is 0 Å². The Bertz CT molecular complexity index is 987. The highest BCUT2D eigenvalue weighted by Gasteiger charge is 2.47. The standard InChI is InChI=1S/C21H22O10/c22-7-14-17(27)18(28)19(29)21(31-14)16-11(25)5-10(24)15-12(26)6-13(30-20(15)16)8-1-3-9(23)4-2-8/h1-5,13-14,17-19,21-25,27-29H,6-7H2/t13-,14+,17+,18-,19+,21+/m0/s1. The number of fused-ring (bicyclic) bond motifs is 1. The molecular formula is C21H22O10. The molecule has 2 aromatic carbocycles. The minimum atomic E-state index is -1.73. The van der Waals surface area contributed by atoms with Crippen LogP contribution in [0.2, 0.25) is 0 Å². The normalized spacial score (nSPS) is 30.5. The first kappa shape index (κ1) is 21.3. The molecule has 0 aromatic heterocycles. The van der Waals surface area contributed by atoms with Gasteiger partial charge in [-0.05, 0) is 17.7 Å². The summed E-state index contributed by atoms with van der Waals surface area (Å²) in [4.78, 5) is 12.8. The smallest absolute Gasteiger partial charge is 0.174 e. The summed E-state index contributed by atoms with van der Waals surface area (Å²) in [7, 11) is 0. The Labute approximate surface area is 176 Å². The average molecular weight is 434 g/mol. The first-order valence-corrected chi connectivity index (χ1v) is 9.61. The fourth-order valence-electron chi connectivity index (χ4n) is 3.98. The fraction of sp³-hybridized carbons (Fsp3) is 0.381. The maximum absolute atomic E-state index is 12.8. The van der Waals surface area contributed by atoms with E-state index in [9.17, 15) is 40.5 Å². The maximum atomic E-state index is 12.8. The Kier molecular flexibility index (Phi) is 5.50. The van der Waals surface area contributed by atoms with Gasteiger partial charge >= 0.3 is 0 Å². The molecule has 2 aliphatic rings. The van der Waals surface area contributed by atoms with E-state index in [1.165, 1.54) is 12.1 Å². The van der Waals surface area contributed by atoms with Crippen LogP contribution in [0.1, 0.15) is 40.1 Å². The number of ether oxygens (including phenoxy) is 2. The molecule has 31 heavy (non-hydrogen) atoms. The molecule has 0 unspecified atom stereocenters. The maximum Gasteiger partial charge on any atom is 0.174 e. The molecule has 10 nitrogen and oxygen atoms in total. The number of phenols is 3. The number of Topliss-reactive ketones (excluding diaryl/α,β-unsaturated/α-hetero) is 1. The highest BCUT2D eigenvalue weighted by molar-refractivity contribution is 6.03. The molecule has 0 spiro atoms. The van der Waals surface area contributed by atoms with Crippen molar-refractivity contribution < 1.29 is 50.0 Å². The van der Waals surface area contributed by atoms with Crippen molar-refractivity contribution in [1.29, 1.82) is 0 Å². The summed E-state index contributed by atoms with van der Waals surface area (Å²) in [6.45, 7) is -0.682. The van der Waals surface area contributed by atoms with Crippen molar-refractivity contribution in [2.24, 2.45) is 0 Å². The molecule has 0 radical (unpaired) electrons. The van der Waals surface area contributed by atoms with Gasteiger partial charge in [0.2, 0.25) is 0 Å². The van der Waals surface area contributed by atoms with E-state index in [0.717, 1.165) is 6.07 Å². The molecule has 2 aromatic rings. The van der Waals surface area contributed by atoms with Crippen LogP contribution >= 0.6 is 0 Å². The minimum absolute atomic E-state index is 0.0172. The van der Waals surface area contributed by atoms with Crippen LogP contribution in [-0.4, -0.2) is 72.6 Å². The van der Waals surface area contributed by atoms with Crippen LogP contribution in [0.25, 0.3) is 0 Å². The van der Waals surface area contributed by atoms with Crippen LogP contribution < -0.4 is 4.74 Å². The molecule has 10 heteroatoms. The number of phenolic OH excluding ortho intramolecular Hbond substituents is 3. The van der Waals surface area contributed by atoms with Gasteiger partial charge in [0.25, 0.3) is 0 Å². The van der Waals surface area contributed by atoms with Gasteiger partial charge in [-0.2, -0.15) is 0 Å². The Hall–Kier alpha value is -2.89. The summed E-state index contributed by atoms with van der Waals surface area (Å²) in [5, 5.41) is 70.4. The molecule has 4 rings (SSSR count). The third-order valence-corrected chi connectivity index (χ3v) is 5.63. The molecule has 0 bridgehead atoms. The van der Waals surface area contributed by atoms with E-state index in [2.05, 4.69) is 0 Å². The van der Waals surface area contributed by atoms with E-state index in [1.54, 1.807) is 12.1 Å². The Morgan fingerprint density at radius 1 is 0.935 bits per heavy atom. The predicted molar refractivity (Wildman–Crippen MR) is 103 cm³/mol. The fourth-order valence-corrected chi connectivity index (χ4v) is 3.98. The molecule has 1 fully saturated rings. The molecule has 2 heterocycles. The third kappa shape index (κ3) is 3.58. The number of hydrogen-bond acceptors (Lipinski definition) is 10. The molecule has 0 amide bonds. The minimum Gasteiger partial charge on any atom is -0.508 e. The van der Waals surface area contributed by atoms with Crippen molar-refractivity contribution in [3.05, 3.63) is 47.0 Å². The number of aliphatic hydroxyl groups is 4. The zero-order valence-electron chi connectivity index (χ0n) is 16.1. The van der Waals surface area contributed by atoms with Crippen molar-refractivity contribution in [2.75, 3.05) is 6.61 Å². The second kappa shape index (κ2) is 7.98. The number of aromatic hydroxyl groups is 3.